The first-order chi connectivity index (χ1) is 16.9. The molecular formula is C28H25BrClNO4. The predicted octanol–water partition coefficient (Wildman–Crippen LogP) is 7.52. The number of hydrogen-bond donors (Lipinski definition) is 2. The van der Waals surface area contributed by atoms with Gasteiger partial charge in [-0.3, -0.25) is 0 Å². The Morgan fingerprint density at radius 2 is 2.03 bits per heavy atom. The third kappa shape index (κ3) is 4.30. The lowest BCUT2D eigenvalue weighted by Crippen LogP contribution is -2.30. The molecule has 2 N–H and O–H groups in total. The van der Waals surface area contributed by atoms with Gasteiger partial charge in [-0.2, -0.15) is 0 Å². The largest absolute Gasteiger partial charge is 0.493 e. The van der Waals surface area contributed by atoms with Crippen LogP contribution in [0.1, 0.15) is 51.0 Å². The van der Waals surface area contributed by atoms with E-state index in [-0.39, 0.29) is 12.0 Å². The summed E-state index contributed by atoms with van der Waals surface area (Å²) in [4.78, 5) is 11.8. The molecule has 0 radical (unpaired) electrons. The summed E-state index contributed by atoms with van der Waals surface area (Å²) in [5.74, 6) is 0.838. The number of aromatic carboxylic acids is 1. The van der Waals surface area contributed by atoms with Crippen LogP contribution in [0.2, 0.25) is 5.02 Å². The number of hydrogen-bond acceptors (Lipinski definition) is 4. The highest BCUT2D eigenvalue weighted by Crippen LogP contribution is 2.52. The smallest absolute Gasteiger partial charge is 0.336 e. The van der Waals surface area contributed by atoms with Crippen LogP contribution >= 0.6 is 27.5 Å². The fourth-order valence-electron chi connectivity index (χ4n) is 5.20. The molecule has 0 amide bonds. The number of rotatable bonds is 6. The van der Waals surface area contributed by atoms with E-state index in [1.54, 1.807) is 13.2 Å². The summed E-state index contributed by atoms with van der Waals surface area (Å²) in [5, 5.41) is 14.0. The molecule has 5 rings (SSSR count). The van der Waals surface area contributed by atoms with Crippen LogP contribution in [0.4, 0.5) is 5.69 Å². The molecule has 1 heterocycles. The van der Waals surface area contributed by atoms with Crippen molar-refractivity contribution in [3.8, 4) is 11.5 Å². The van der Waals surface area contributed by atoms with Crippen molar-refractivity contribution in [2.45, 2.75) is 31.9 Å². The van der Waals surface area contributed by atoms with Gasteiger partial charge in [0.15, 0.2) is 11.5 Å². The molecule has 5 nitrogen and oxygen atoms in total. The van der Waals surface area contributed by atoms with Gasteiger partial charge in [-0.15, -0.1) is 0 Å². The van der Waals surface area contributed by atoms with Crippen LogP contribution in [0.3, 0.4) is 0 Å². The normalized spacial score (nSPS) is 20.1. The van der Waals surface area contributed by atoms with Gasteiger partial charge in [0.1, 0.15) is 6.61 Å². The van der Waals surface area contributed by atoms with Crippen LogP contribution in [-0.4, -0.2) is 18.2 Å². The molecule has 0 bridgehead atoms. The maximum atomic E-state index is 11.8. The Balaban J connectivity index is 1.50. The monoisotopic (exact) mass is 553 g/mol. The van der Waals surface area contributed by atoms with Gasteiger partial charge in [0, 0.05) is 22.2 Å². The SMILES string of the molecule is COc1cc([C@@H]2Nc3c(ccc(C(=O)O)c3C)[C@@H]3C=CC[C@@H]32)cc(Br)c1OCc1ccccc1Cl. The van der Waals surface area contributed by atoms with E-state index in [0.29, 0.717) is 34.6 Å². The number of carboxylic acid groups (broad SMARTS) is 1. The number of ether oxygens (including phenoxy) is 2. The van der Waals surface area contributed by atoms with Gasteiger partial charge in [-0.05, 0) is 76.1 Å². The molecule has 7 heteroatoms. The topological polar surface area (TPSA) is 67.8 Å². The maximum absolute atomic E-state index is 11.8. The lowest BCUT2D eigenvalue weighted by Gasteiger charge is -2.39. The van der Waals surface area contributed by atoms with Crippen LogP contribution in [-0.2, 0) is 6.61 Å². The number of nitrogens with one attached hydrogen (secondary N) is 1. The first kappa shape index (κ1) is 23.8. The number of benzene rings is 3. The van der Waals surface area contributed by atoms with Crippen LogP contribution in [0.25, 0.3) is 0 Å². The highest BCUT2D eigenvalue weighted by atomic mass is 79.9. The van der Waals surface area contributed by atoms with Gasteiger partial charge in [-0.25, -0.2) is 4.79 Å². The van der Waals surface area contributed by atoms with Crippen LogP contribution < -0.4 is 14.8 Å². The first-order valence-corrected chi connectivity index (χ1v) is 12.6. The minimum atomic E-state index is -0.919. The van der Waals surface area contributed by atoms with Gasteiger partial charge in [0.25, 0.3) is 0 Å². The van der Waals surface area contributed by atoms with Crippen LogP contribution in [0.5, 0.6) is 11.5 Å². The molecule has 0 aromatic heterocycles. The lowest BCUT2D eigenvalue weighted by molar-refractivity contribution is 0.0696. The van der Waals surface area contributed by atoms with Crippen molar-refractivity contribution in [2.75, 3.05) is 12.4 Å². The quantitative estimate of drug-likeness (QED) is 0.308. The molecule has 0 fully saturated rings. The average molecular weight is 555 g/mol. The Kier molecular flexibility index (Phi) is 6.51. The molecule has 3 aromatic rings. The van der Waals surface area contributed by atoms with E-state index in [4.69, 9.17) is 21.1 Å². The first-order valence-electron chi connectivity index (χ1n) is 11.4. The van der Waals surface area contributed by atoms with Crippen molar-refractivity contribution in [3.05, 3.63) is 98.0 Å². The zero-order chi connectivity index (χ0) is 24.7. The highest BCUT2D eigenvalue weighted by molar-refractivity contribution is 9.10. The van der Waals surface area contributed by atoms with Crippen molar-refractivity contribution in [2.24, 2.45) is 5.92 Å². The summed E-state index contributed by atoms with van der Waals surface area (Å²) in [6.45, 7) is 2.18. The molecule has 0 saturated heterocycles. The zero-order valence-electron chi connectivity index (χ0n) is 19.3. The van der Waals surface area contributed by atoms with Gasteiger partial charge in [0.2, 0.25) is 0 Å². The van der Waals surface area contributed by atoms with Crippen molar-refractivity contribution in [3.63, 3.8) is 0 Å². The Hall–Kier alpha value is -2.96. The summed E-state index contributed by atoms with van der Waals surface area (Å²) >= 11 is 9.98. The summed E-state index contributed by atoms with van der Waals surface area (Å²) < 4.78 is 12.6. The fourth-order valence-corrected chi connectivity index (χ4v) is 5.97. The zero-order valence-corrected chi connectivity index (χ0v) is 21.7. The third-order valence-corrected chi connectivity index (χ3v) is 7.93. The Morgan fingerprint density at radius 3 is 2.77 bits per heavy atom. The highest BCUT2D eigenvalue weighted by Gasteiger charge is 2.39. The Labute approximate surface area is 217 Å². The van der Waals surface area contributed by atoms with Gasteiger partial charge in [0.05, 0.1) is 23.2 Å². The van der Waals surface area contributed by atoms with Gasteiger partial charge >= 0.3 is 5.97 Å². The molecule has 35 heavy (non-hydrogen) atoms. The molecule has 1 aliphatic carbocycles. The van der Waals surface area contributed by atoms with Crippen LogP contribution in [0.15, 0.2) is 65.2 Å². The Morgan fingerprint density at radius 1 is 1.23 bits per heavy atom. The standard InChI is InChI=1S/C28H25BrClNO4/c1-15-18(28(32)33)10-11-21-19-7-5-8-20(19)26(31-25(15)21)17-12-22(29)27(24(13-17)34-2)35-14-16-6-3-4-9-23(16)30/h3-7,9-13,19-20,26,31H,8,14H2,1-2H3,(H,32,33)/t19-,20+,26+/m1/s1. The number of carbonyl (C=O) groups is 1. The minimum Gasteiger partial charge on any atom is -0.493 e. The molecule has 3 aromatic carbocycles. The van der Waals surface area contributed by atoms with E-state index >= 15 is 0 Å². The number of fused-ring (bicyclic) bond motifs is 3. The average Bonchev–Trinajstić information content (AvgIpc) is 3.33. The van der Waals surface area contributed by atoms with E-state index in [1.165, 1.54) is 0 Å². The predicted molar refractivity (Wildman–Crippen MR) is 141 cm³/mol. The molecule has 0 unspecified atom stereocenters. The van der Waals surface area contributed by atoms with Crippen molar-refractivity contribution >= 4 is 39.2 Å². The molecule has 180 valence electrons. The van der Waals surface area contributed by atoms with E-state index < -0.39 is 5.97 Å². The molecule has 2 aliphatic rings. The minimum absolute atomic E-state index is 0.0203. The van der Waals surface area contributed by atoms with Gasteiger partial charge in [-0.1, -0.05) is 48.0 Å². The fraction of sp³-hybridized carbons (Fsp3) is 0.250. The van der Waals surface area contributed by atoms with Gasteiger partial charge < -0.3 is 19.9 Å². The second kappa shape index (κ2) is 9.59. The summed E-state index contributed by atoms with van der Waals surface area (Å²) in [6, 6.07) is 15.3. The summed E-state index contributed by atoms with van der Waals surface area (Å²) in [6.07, 6.45) is 5.39. The molecule has 0 saturated carbocycles. The number of methoxy groups -OCH3 is 1. The maximum Gasteiger partial charge on any atom is 0.336 e. The molecule has 3 atom stereocenters. The number of anilines is 1. The lowest BCUT2D eigenvalue weighted by atomic mass is 9.76. The molecule has 1 aliphatic heterocycles. The summed E-state index contributed by atoms with van der Waals surface area (Å²) in [7, 11) is 1.63. The van der Waals surface area contributed by atoms with Crippen molar-refractivity contribution < 1.29 is 19.4 Å². The van der Waals surface area contributed by atoms with Crippen LogP contribution in [0, 0.1) is 12.8 Å². The third-order valence-electron chi connectivity index (χ3n) is 6.97. The van der Waals surface area contributed by atoms with E-state index in [9.17, 15) is 9.90 Å². The second-order valence-corrected chi connectivity index (χ2v) is 10.2. The van der Waals surface area contributed by atoms with E-state index in [1.807, 2.05) is 43.3 Å². The van der Waals surface area contributed by atoms with Crippen molar-refractivity contribution in [1.82, 2.24) is 0 Å². The number of halogens is 2. The van der Waals surface area contributed by atoms with E-state index in [2.05, 4.69) is 39.5 Å². The second-order valence-electron chi connectivity index (χ2n) is 8.90. The van der Waals surface area contributed by atoms with E-state index in [0.717, 1.165) is 38.8 Å². The number of allylic oxidation sites excluding steroid dienone is 2. The molecule has 0 spiro atoms. The summed E-state index contributed by atoms with van der Waals surface area (Å²) in [5.41, 5.74) is 5.05. The van der Waals surface area contributed by atoms with Crippen molar-refractivity contribution in [1.29, 1.82) is 0 Å². The molecular weight excluding hydrogens is 530 g/mol. The Bertz CT molecular complexity index is 1340. The number of carboxylic acids is 1.